The van der Waals surface area contributed by atoms with Crippen molar-refractivity contribution in [3.8, 4) is 67.2 Å². The summed E-state index contributed by atoms with van der Waals surface area (Å²) < 4.78 is 6.34. The molecule has 2 heterocycles. The van der Waals surface area contributed by atoms with Gasteiger partial charge >= 0.3 is 0 Å². The average Bonchev–Trinajstić information content (AvgIpc) is 3.86. The average molecular weight is 747 g/mol. The SMILES string of the molecule is CC1(C)c2ccccc2-c2cc3c(cc21)-c1cc(-c2cccc(-c4cccc(-c5nc(-c6ccccc6)c6c(n5)oc5ccccc56)c4)c2)ccc1C31CCCCC1. The first-order valence-corrected chi connectivity index (χ1v) is 20.9. The summed E-state index contributed by atoms with van der Waals surface area (Å²) in [6, 6.07) is 57.7. The van der Waals surface area contributed by atoms with Crippen molar-refractivity contribution < 1.29 is 4.42 Å². The Kier molecular flexibility index (Phi) is 7.21. The lowest BCUT2D eigenvalue weighted by Crippen LogP contribution is -2.28. The summed E-state index contributed by atoms with van der Waals surface area (Å²) in [4.78, 5) is 10.2. The zero-order valence-electron chi connectivity index (χ0n) is 32.8. The van der Waals surface area contributed by atoms with E-state index in [1.54, 1.807) is 5.56 Å². The van der Waals surface area contributed by atoms with E-state index in [4.69, 9.17) is 14.4 Å². The van der Waals surface area contributed by atoms with E-state index in [-0.39, 0.29) is 10.8 Å². The highest BCUT2D eigenvalue weighted by Crippen LogP contribution is 2.60. The molecule has 9 aromatic rings. The second-order valence-electron chi connectivity index (χ2n) is 17.2. The molecule has 0 atom stereocenters. The van der Waals surface area contributed by atoms with E-state index in [0.29, 0.717) is 11.5 Å². The summed E-state index contributed by atoms with van der Waals surface area (Å²) in [5.41, 5.74) is 20.8. The first-order valence-electron chi connectivity index (χ1n) is 20.9. The zero-order chi connectivity index (χ0) is 38.6. The molecule has 3 heteroatoms. The van der Waals surface area contributed by atoms with Crippen LogP contribution in [0.5, 0.6) is 0 Å². The molecule has 0 radical (unpaired) electrons. The number of aromatic nitrogens is 2. The third-order valence-electron chi connectivity index (χ3n) is 13.7. The van der Waals surface area contributed by atoms with Gasteiger partial charge in [0.1, 0.15) is 5.58 Å². The molecular formula is C55H42N2O. The van der Waals surface area contributed by atoms with Crippen molar-refractivity contribution in [2.45, 2.75) is 56.8 Å². The van der Waals surface area contributed by atoms with Gasteiger partial charge < -0.3 is 4.42 Å². The molecule has 0 unspecified atom stereocenters. The fraction of sp³-hybridized carbons (Fsp3) is 0.164. The molecular weight excluding hydrogens is 705 g/mol. The van der Waals surface area contributed by atoms with Crippen LogP contribution in [0.4, 0.5) is 0 Å². The lowest BCUT2D eigenvalue weighted by Gasteiger charge is -2.36. The standard InChI is InChI=1S/C55H42N2O/c1-54(2)45-23-9-7-21-40(45)43-33-48-44(32-47(43)54)42-31-38(25-26-46(42)55(48)27-11-4-12-28-55)36-18-13-17-35(29-36)37-19-14-20-39(30-37)52-56-51(34-15-5-3-6-16-34)50-41-22-8-10-24-49(41)58-53(50)57-52/h3,5-10,13-26,29-33H,4,11-12,27-28H2,1-2H3. The molecule has 278 valence electrons. The summed E-state index contributed by atoms with van der Waals surface area (Å²) in [6.45, 7) is 4.80. The van der Waals surface area contributed by atoms with Crippen LogP contribution in [-0.2, 0) is 10.8 Å². The van der Waals surface area contributed by atoms with Gasteiger partial charge in [0, 0.05) is 27.3 Å². The molecule has 0 N–H and O–H groups in total. The molecule has 58 heavy (non-hydrogen) atoms. The van der Waals surface area contributed by atoms with Gasteiger partial charge in [0.25, 0.3) is 0 Å². The zero-order valence-corrected chi connectivity index (χ0v) is 32.8. The molecule has 7 aromatic carbocycles. The Balaban J connectivity index is 0.953. The van der Waals surface area contributed by atoms with E-state index >= 15 is 0 Å². The molecule has 0 aliphatic heterocycles. The van der Waals surface area contributed by atoms with Gasteiger partial charge in [-0.25, -0.2) is 4.98 Å². The van der Waals surface area contributed by atoms with Crippen molar-refractivity contribution >= 4 is 22.1 Å². The Labute approximate surface area is 339 Å². The minimum atomic E-state index is -0.0319. The number of fused-ring (bicyclic) bond motifs is 11. The highest BCUT2D eigenvalue weighted by Gasteiger charge is 2.46. The molecule has 3 aliphatic rings. The summed E-state index contributed by atoms with van der Waals surface area (Å²) in [5, 5.41) is 1.97. The Morgan fingerprint density at radius 3 is 1.88 bits per heavy atom. The van der Waals surface area contributed by atoms with Gasteiger partial charge in [-0.15, -0.1) is 0 Å². The van der Waals surface area contributed by atoms with Crippen LogP contribution in [0.25, 0.3) is 89.2 Å². The predicted octanol–water partition coefficient (Wildman–Crippen LogP) is 14.6. The van der Waals surface area contributed by atoms with Gasteiger partial charge in [-0.2, -0.15) is 4.98 Å². The number of benzene rings is 7. The molecule has 0 saturated heterocycles. The number of furan rings is 1. The number of rotatable bonds is 4. The van der Waals surface area contributed by atoms with Crippen LogP contribution in [0.1, 0.15) is 68.2 Å². The van der Waals surface area contributed by atoms with E-state index < -0.39 is 0 Å². The van der Waals surface area contributed by atoms with Gasteiger partial charge in [-0.3, -0.25) is 0 Å². The molecule has 12 rings (SSSR count). The molecule has 2 aromatic heterocycles. The van der Waals surface area contributed by atoms with Crippen LogP contribution >= 0.6 is 0 Å². The number of hydrogen-bond acceptors (Lipinski definition) is 3. The number of para-hydroxylation sites is 1. The number of nitrogens with zero attached hydrogens (tertiary/aromatic N) is 2. The van der Waals surface area contributed by atoms with Crippen LogP contribution in [0.3, 0.4) is 0 Å². The maximum Gasteiger partial charge on any atom is 0.231 e. The Hall–Kier alpha value is -6.58. The van der Waals surface area contributed by atoms with Crippen LogP contribution in [-0.4, -0.2) is 9.97 Å². The Morgan fingerprint density at radius 1 is 0.448 bits per heavy atom. The first kappa shape index (κ1) is 33.5. The minimum Gasteiger partial charge on any atom is -0.438 e. The van der Waals surface area contributed by atoms with Crippen LogP contribution in [0.2, 0.25) is 0 Å². The normalized spacial score (nSPS) is 15.7. The van der Waals surface area contributed by atoms with Gasteiger partial charge in [0.2, 0.25) is 5.71 Å². The second-order valence-corrected chi connectivity index (χ2v) is 17.2. The Bertz CT molecular complexity index is 3130. The van der Waals surface area contributed by atoms with Gasteiger partial charge in [-0.1, -0.05) is 154 Å². The maximum atomic E-state index is 6.34. The molecule has 0 amide bonds. The maximum absolute atomic E-state index is 6.34. The van der Waals surface area contributed by atoms with E-state index in [2.05, 4.69) is 147 Å². The molecule has 1 fully saturated rings. The predicted molar refractivity (Wildman–Crippen MR) is 238 cm³/mol. The van der Waals surface area contributed by atoms with Crippen molar-refractivity contribution in [3.05, 3.63) is 180 Å². The topological polar surface area (TPSA) is 38.9 Å². The highest BCUT2D eigenvalue weighted by molar-refractivity contribution is 6.10. The Morgan fingerprint density at radius 2 is 1.07 bits per heavy atom. The first-order chi connectivity index (χ1) is 28.5. The van der Waals surface area contributed by atoms with E-state index in [1.807, 2.05) is 24.3 Å². The summed E-state index contributed by atoms with van der Waals surface area (Å²) >= 11 is 0. The monoisotopic (exact) mass is 746 g/mol. The van der Waals surface area contributed by atoms with E-state index in [9.17, 15) is 0 Å². The largest absolute Gasteiger partial charge is 0.438 e. The van der Waals surface area contributed by atoms with Crippen molar-refractivity contribution in [2.75, 3.05) is 0 Å². The third-order valence-corrected chi connectivity index (χ3v) is 13.7. The van der Waals surface area contributed by atoms with Gasteiger partial charge in [0.15, 0.2) is 5.82 Å². The smallest absolute Gasteiger partial charge is 0.231 e. The minimum absolute atomic E-state index is 0.0319. The van der Waals surface area contributed by atoms with Crippen molar-refractivity contribution in [3.63, 3.8) is 0 Å². The van der Waals surface area contributed by atoms with Crippen LogP contribution in [0, 0.1) is 0 Å². The number of hydrogen-bond donors (Lipinski definition) is 0. The fourth-order valence-corrected chi connectivity index (χ4v) is 10.8. The molecule has 3 aliphatic carbocycles. The fourth-order valence-electron chi connectivity index (χ4n) is 10.8. The molecule has 3 nitrogen and oxygen atoms in total. The van der Waals surface area contributed by atoms with E-state index in [1.165, 1.54) is 82.2 Å². The lowest BCUT2D eigenvalue weighted by molar-refractivity contribution is 0.353. The van der Waals surface area contributed by atoms with Crippen molar-refractivity contribution in [1.82, 2.24) is 9.97 Å². The van der Waals surface area contributed by atoms with E-state index in [0.717, 1.165) is 44.3 Å². The lowest BCUT2D eigenvalue weighted by atomic mass is 9.67. The molecule has 1 spiro atoms. The molecule has 1 saturated carbocycles. The third kappa shape index (κ3) is 4.86. The molecule has 0 bridgehead atoms. The van der Waals surface area contributed by atoms with Crippen LogP contribution in [0.15, 0.2) is 162 Å². The quantitative estimate of drug-likeness (QED) is 0.180. The summed E-state index contributed by atoms with van der Waals surface area (Å²) in [7, 11) is 0. The van der Waals surface area contributed by atoms with Crippen molar-refractivity contribution in [2.24, 2.45) is 0 Å². The van der Waals surface area contributed by atoms with Crippen LogP contribution < -0.4 is 0 Å². The highest BCUT2D eigenvalue weighted by atomic mass is 16.3. The second kappa shape index (κ2) is 12.5. The summed E-state index contributed by atoms with van der Waals surface area (Å²) in [6.07, 6.45) is 6.34. The summed E-state index contributed by atoms with van der Waals surface area (Å²) in [5.74, 6) is 0.648. The van der Waals surface area contributed by atoms with Crippen molar-refractivity contribution in [1.29, 1.82) is 0 Å². The van der Waals surface area contributed by atoms with Gasteiger partial charge in [0.05, 0.1) is 11.1 Å². The van der Waals surface area contributed by atoms with Gasteiger partial charge in [-0.05, 0) is 116 Å².